The average molecular weight is 123 g/mol. The highest BCUT2D eigenvalue weighted by Gasteiger charge is 1.76. The molecule has 38 valence electrons. The van der Waals surface area contributed by atoms with Crippen LogP contribution in [0.25, 0.3) is 0 Å². The summed E-state index contributed by atoms with van der Waals surface area (Å²) in [6.07, 6.45) is 0. The molecule has 0 atom stereocenters. The summed E-state index contributed by atoms with van der Waals surface area (Å²) in [5.74, 6) is 0. The van der Waals surface area contributed by atoms with E-state index < -0.39 is 0 Å². The van der Waals surface area contributed by atoms with Gasteiger partial charge >= 0.3 is 1.43 Å². The van der Waals surface area contributed by atoms with Crippen molar-refractivity contribution >= 4 is 15.2 Å². The van der Waals surface area contributed by atoms with Gasteiger partial charge in [0.1, 0.15) is 0 Å². The van der Waals surface area contributed by atoms with Gasteiger partial charge in [0.25, 0.3) is 0 Å². The molecule has 6 heavy (non-hydrogen) atoms. The Balaban J connectivity index is -0.0000000800. The highest BCUT2D eigenvalue weighted by atomic mass is 35.5. The second-order valence-corrected chi connectivity index (χ2v) is 4.06. The van der Waals surface area contributed by atoms with Crippen LogP contribution in [0.4, 0.5) is 0 Å². The van der Waals surface area contributed by atoms with Gasteiger partial charge in [-0.1, -0.05) is 13.8 Å². The summed E-state index contributed by atoms with van der Waals surface area (Å²) >= 11 is 0.432. The van der Waals surface area contributed by atoms with Gasteiger partial charge in [-0.2, -0.15) is 0 Å². The van der Waals surface area contributed by atoms with E-state index in [9.17, 15) is 0 Å². The van der Waals surface area contributed by atoms with E-state index in [4.69, 9.17) is 0 Å². The molecule has 0 bridgehead atoms. The Morgan fingerprint density at radius 3 is 1.67 bits per heavy atom. The van der Waals surface area contributed by atoms with Gasteiger partial charge in [-0.05, 0) is 0 Å². The zero-order valence-corrected chi connectivity index (χ0v) is 6.67. The lowest BCUT2D eigenvalue weighted by Gasteiger charge is -1.73. The van der Waals surface area contributed by atoms with Crippen molar-refractivity contribution in [1.29, 1.82) is 0 Å². The molecule has 0 aromatic rings. The van der Waals surface area contributed by atoms with E-state index in [1.165, 1.54) is 10.6 Å². The fourth-order valence-electron chi connectivity index (χ4n) is 0.354. The van der Waals surface area contributed by atoms with Crippen LogP contribution in [0.1, 0.15) is 15.3 Å². The third-order valence-corrected chi connectivity index (χ3v) is 2.12. The minimum atomic E-state index is 0. The molecule has 0 spiro atoms. The molecule has 0 aromatic heterocycles. The minimum absolute atomic E-state index is 0. The van der Waals surface area contributed by atoms with Gasteiger partial charge in [-0.25, -0.2) is 0 Å². The van der Waals surface area contributed by atoms with Crippen LogP contribution in [-0.2, 0) is 0 Å². The molecule has 0 aliphatic rings. The fraction of sp³-hybridized carbons (Fsp3) is 1.00. The van der Waals surface area contributed by atoms with Gasteiger partial charge in [-0.15, -0.1) is 10.6 Å². The van der Waals surface area contributed by atoms with Crippen molar-refractivity contribution in [2.24, 2.45) is 0 Å². The Hall–Kier alpha value is 0.822. The van der Waals surface area contributed by atoms with Crippen molar-refractivity contribution < 1.29 is 13.8 Å². The van der Waals surface area contributed by atoms with E-state index in [1.54, 1.807) is 0 Å². The van der Waals surface area contributed by atoms with Crippen molar-refractivity contribution in [3.05, 3.63) is 0 Å². The largest absolute Gasteiger partial charge is 1.00 e. The topological polar surface area (TPSA) is 0 Å². The van der Waals surface area contributed by atoms with Crippen LogP contribution in [0.15, 0.2) is 0 Å². The van der Waals surface area contributed by atoms with E-state index in [-0.39, 0.29) is 13.8 Å². The molecule has 0 fully saturated rings. The Bertz CT molecular complexity index is 19.2. The van der Waals surface area contributed by atoms with E-state index in [1.807, 2.05) is 0 Å². The summed E-state index contributed by atoms with van der Waals surface area (Å²) in [4.78, 5) is 0. The Labute approximate surface area is 53.9 Å². The van der Waals surface area contributed by atoms with Gasteiger partial charge in [0, 0.05) is 0 Å². The lowest BCUT2D eigenvalue weighted by Crippen LogP contribution is -3.00. The molecule has 0 aromatic carbocycles. The van der Waals surface area contributed by atoms with Gasteiger partial charge < -0.3 is 12.4 Å². The molecule has 0 amide bonds. The summed E-state index contributed by atoms with van der Waals surface area (Å²) in [7, 11) is 0. The van der Waals surface area contributed by atoms with Gasteiger partial charge in [0.2, 0.25) is 15.2 Å². The second-order valence-electron chi connectivity index (χ2n) is 1.35. The number of rotatable bonds is 2. The highest BCUT2D eigenvalue weighted by molar-refractivity contribution is 6.34. The molecule has 2 heteroatoms. The first kappa shape index (κ1) is 9.95. The summed E-state index contributed by atoms with van der Waals surface area (Å²) in [6, 6.07) is 0. The normalized spacial score (nSPS) is 6.33. The van der Waals surface area contributed by atoms with Crippen molar-refractivity contribution in [1.82, 2.24) is 0 Å². The highest BCUT2D eigenvalue weighted by Crippen LogP contribution is 1.77. The Morgan fingerprint density at radius 2 is 1.67 bits per heavy atom. The lowest BCUT2D eigenvalue weighted by molar-refractivity contribution is -0.00000116. The fourth-order valence-corrected chi connectivity index (χ4v) is 1.06. The van der Waals surface area contributed by atoms with Crippen LogP contribution in [0.2, 0.25) is 10.6 Å². The van der Waals surface area contributed by atoms with Crippen LogP contribution < -0.4 is 12.4 Å². The Kier molecular flexibility index (Phi) is 15.4. The van der Waals surface area contributed by atoms with Gasteiger partial charge in [-0.3, -0.25) is 0 Å². The summed E-state index contributed by atoms with van der Waals surface area (Å²) in [6.45, 7) is 4.55. The van der Waals surface area contributed by atoms with Crippen LogP contribution in [0.5, 0.6) is 0 Å². The van der Waals surface area contributed by atoms with Gasteiger partial charge in [0.15, 0.2) is 0 Å². The third kappa shape index (κ3) is 8.85. The standard InChI is InChI=1S/2C2H5.Al.ClH.H/c2*1-2;;;/h2*1H2,2H3;;1H;. The summed E-state index contributed by atoms with van der Waals surface area (Å²) < 4.78 is 0. The summed E-state index contributed by atoms with van der Waals surface area (Å²) in [5.41, 5.74) is 0. The lowest BCUT2D eigenvalue weighted by atomic mass is 10.9. The monoisotopic (exact) mass is 122 g/mol. The second kappa shape index (κ2) is 9.27. The molecule has 0 saturated carbocycles. The first-order chi connectivity index (χ1) is 2.41. The maximum atomic E-state index is 2.27. The van der Waals surface area contributed by atoms with Crippen molar-refractivity contribution in [2.45, 2.75) is 24.4 Å². The zero-order valence-electron chi connectivity index (χ0n) is 5.50. The van der Waals surface area contributed by atoms with Gasteiger partial charge in [0.05, 0.1) is 0 Å². The van der Waals surface area contributed by atoms with E-state index >= 15 is 0 Å². The number of hydrogen-bond acceptors (Lipinski definition) is 0. The maximum Gasteiger partial charge on any atom is 1.00 e. The SMILES string of the molecule is C[CH2][AlH][CH2]C.[Cl-].[H+]. The predicted molar refractivity (Wildman–Crippen MR) is 29.2 cm³/mol. The first-order valence-corrected chi connectivity index (χ1v) is 4.41. The molecule has 0 aliphatic carbocycles. The maximum absolute atomic E-state index is 2.27. The van der Waals surface area contributed by atoms with Crippen molar-refractivity contribution in [2.75, 3.05) is 0 Å². The van der Waals surface area contributed by atoms with Crippen LogP contribution in [-0.4, -0.2) is 15.2 Å². The number of hydrogen-bond donors (Lipinski definition) is 0. The molecule has 0 rings (SSSR count). The van der Waals surface area contributed by atoms with Crippen molar-refractivity contribution in [3.8, 4) is 0 Å². The molecular weight excluding hydrogens is 110 g/mol. The molecule has 0 N–H and O–H groups in total. The predicted octanol–water partition coefficient (Wildman–Crippen LogP) is -1.58. The van der Waals surface area contributed by atoms with Crippen LogP contribution in [0, 0.1) is 0 Å². The van der Waals surface area contributed by atoms with E-state index in [0.717, 1.165) is 0 Å². The Morgan fingerprint density at radius 1 is 1.33 bits per heavy atom. The van der Waals surface area contributed by atoms with E-state index in [0.29, 0.717) is 15.2 Å². The van der Waals surface area contributed by atoms with Crippen LogP contribution >= 0.6 is 0 Å². The molecule has 0 heterocycles. The number of halogens is 1. The molecule has 0 radical (unpaired) electrons. The molecule has 0 aliphatic heterocycles. The molecular formula is C4H12AlCl. The first-order valence-electron chi connectivity index (χ1n) is 2.41. The zero-order chi connectivity index (χ0) is 4.12. The van der Waals surface area contributed by atoms with Crippen molar-refractivity contribution in [3.63, 3.8) is 0 Å². The quantitative estimate of drug-likeness (QED) is 0.388. The molecule has 0 saturated heterocycles. The van der Waals surface area contributed by atoms with E-state index in [2.05, 4.69) is 13.8 Å². The molecule has 0 unspecified atom stereocenters. The third-order valence-electron chi connectivity index (χ3n) is 0.707. The summed E-state index contributed by atoms with van der Waals surface area (Å²) in [5, 5.41) is 2.97. The minimum Gasteiger partial charge on any atom is -1.00 e. The van der Waals surface area contributed by atoms with Crippen LogP contribution in [0.3, 0.4) is 0 Å². The smallest absolute Gasteiger partial charge is 1.00 e. The molecule has 0 nitrogen and oxygen atoms in total. The average Bonchev–Trinajstić information content (AvgIpc) is 1.41.